The summed E-state index contributed by atoms with van der Waals surface area (Å²) in [6.45, 7) is 3.74. The average molecular weight is 460 g/mol. The van der Waals surface area contributed by atoms with Crippen LogP contribution in [0.3, 0.4) is 0 Å². The third kappa shape index (κ3) is 22.5. The van der Waals surface area contributed by atoms with Crippen LogP contribution in [0.4, 0.5) is 0 Å². The highest BCUT2D eigenvalue weighted by atomic mass is 16.5. The van der Waals surface area contributed by atoms with Crippen LogP contribution in [0.25, 0.3) is 0 Å². The average Bonchev–Trinajstić information content (AvgIpc) is 2.73. The molecule has 0 aromatic carbocycles. The lowest BCUT2D eigenvalue weighted by atomic mass is 10.1. The molecule has 4 N–H and O–H groups in total. The van der Waals surface area contributed by atoms with Gasteiger partial charge in [-0.2, -0.15) is 0 Å². The van der Waals surface area contributed by atoms with E-state index in [1.807, 2.05) is 0 Å². The Morgan fingerprint density at radius 2 is 1.41 bits per heavy atom. The second kappa shape index (κ2) is 22.0. The Bertz CT molecular complexity index is 518. The van der Waals surface area contributed by atoms with E-state index < -0.39 is 5.97 Å². The molecule has 186 valence electrons. The SMILES string of the molecule is CC(CC(=O)NCCOCCOCC(=O)NCCCCCCCCCCC(=O)O)NC=O. The molecule has 10 nitrogen and oxygen atoms in total. The van der Waals surface area contributed by atoms with E-state index in [0.717, 1.165) is 51.4 Å². The summed E-state index contributed by atoms with van der Waals surface area (Å²) in [4.78, 5) is 43.9. The molecular weight excluding hydrogens is 418 g/mol. The molecule has 0 aromatic heterocycles. The molecule has 1 unspecified atom stereocenters. The van der Waals surface area contributed by atoms with E-state index in [0.29, 0.717) is 39.3 Å². The molecule has 0 saturated heterocycles. The van der Waals surface area contributed by atoms with Gasteiger partial charge in [-0.15, -0.1) is 0 Å². The van der Waals surface area contributed by atoms with Gasteiger partial charge < -0.3 is 30.5 Å². The summed E-state index contributed by atoms with van der Waals surface area (Å²) < 4.78 is 10.6. The zero-order chi connectivity index (χ0) is 23.9. The summed E-state index contributed by atoms with van der Waals surface area (Å²) in [5.41, 5.74) is 0. The van der Waals surface area contributed by atoms with E-state index >= 15 is 0 Å². The fourth-order valence-corrected chi connectivity index (χ4v) is 2.91. The van der Waals surface area contributed by atoms with Gasteiger partial charge in [-0.3, -0.25) is 19.2 Å². The number of amides is 3. The number of carboxylic acids is 1. The first-order valence-electron chi connectivity index (χ1n) is 11.6. The van der Waals surface area contributed by atoms with Crippen molar-refractivity contribution in [2.45, 2.75) is 77.2 Å². The molecule has 3 amide bonds. The van der Waals surface area contributed by atoms with Gasteiger partial charge in [-0.1, -0.05) is 38.5 Å². The van der Waals surface area contributed by atoms with Crippen LogP contribution in [-0.2, 0) is 28.7 Å². The molecular formula is C22H41N3O7. The largest absolute Gasteiger partial charge is 0.481 e. The summed E-state index contributed by atoms with van der Waals surface area (Å²) in [6.07, 6.45) is 9.26. The van der Waals surface area contributed by atoms with Gasteiger partial charge in [-0.25, -0.2) is 0 Å². The highest BCUT2D eigenvalue weighted by molar-refractivity contribution is 5.77. The molecule has 0 heterocycles. The van der Waals surface area contributed by atoms with E-state index in [9.17, 15) is 19.2 Å². The number of rotatable bonds is 23. The predicted octanol–water partition coefficient (Wildman–Crippen LogP) is 1.37. The quantitative estimate of drug-likeness (QED) is 0.133. The molecule has 0 rings (SSSR count). The van der Waals surface area contributed by atoms with E-state index in [4.69, 9.17) is 14.6 Å². The monoisotopic (exact) mass is 459 g/mol. The zero-order valence-electron chi connectivity index (χ0n) is 19.4. The molecule has 0 bridgehead atoms. The highest BCUT2D eigenvalue weighted by Gasteiger charge is 2.07. The minimum Gasteiger partial charge on any atom is -0.481 e. The van der Waals surface area contributed by atoms with Crippen molar-refractivity contribution < 1.29 is 33.8 Å². The van der Waals surface area contributed by atoms with E-state index in [2.05, 4.69) is 16.0 Å². The number of ether oxygens (including phenoxy) is 2. The lowest BCUT2D eigenvalue weighted by Gasteiger charge is -2.10. The number of unbranched alkanes of at least 4 members (excludes halogenated alkanes) is 7. The number of carboxylic acid groups (broad SMARTS) is 1. The molecule has 0 aliphatic carbocycles. The Kier molecular flexibility index (Phi) is 20.5. The smallest absolute Gasteiger partial charge is 0.303 e. The molecule has 10 heteroatoms. The minimum atomic E-state index is -0.722. The summed E-state index contributed by atoms with van der Waals surface area (Å²) in [5.74, 6) is -1.02. The highest BCUT2D eigenvalue weighted by Crippen LogP contribution is 2.09. The van der Waals surface area contributed by atoms with Crippen LogP contribution >= 0.6 is 0 Å². The summed E-state index contributed by atoms with van der Waals surface area (Å²) in [5, 5.41) is 16.6. The van der Waals surface area contributed by atoms with Crippen LogP contribution < -0.4 is 16.0 Å². The first kappa shape index (κ1) is 29.8. The molecule has 0 aromatic rings. The molecule has 1 atom stereocenters. The number of aliphatic carboxylic acids is 1. The van der Waals surface area contributed by atoms with Crippen molar-refractivity contribution in [1.82, 2.24) is 16.0 Å². The van der Waals surface area contributed by atoms with Gasteiger partial charge in [0.25, 0.3) is 0 Å². The summed E-state index contributed by atoms with van der Waals surface area (Å²) in [6, 6.07) is -0.207. The topological polar surface area (TPSA) is 143 Å². The van der Waals surface area contributed by atoms with Crippen LogP contribution in [0.15, 0.2) is 0 Å². The van der Waals surface area contributed by atoms with Crippen LogP contribution in [0.5, 0.6) is 0 Å². The van der Waals surface area contributed by atoms with E-state index in [-0.39, 0.29) is 37.3 Å². The van der Waals surface area contributed by atoms with E-state index in [1.165, 1.54) is 0 Å². The number of carbonyl (C=O) groups is 4. The molecule has 0 radical (unpaired) electrons. The molecule has 0 fully saturated rings. The van der Waals surface area contributed by atoms with Crippen LogP contribution in [0.1, 0.15) is 71.1 Å². The van der Waals surface area contributed by atoms with Crippen molar-refractivity contribution >= 4 is 24.2 Å². The van der Waals surface area contributed by atoms with Crippen LogP contribution in [0.2, 0.25) is 0 Å². The molecule has 0 aliphatic rings. The Balaban J connectivity index is 3.31. The maximum atomic E-state index is 11.7. The lowest BCUT2D eigenvalue weighted by Crippen LogP contribution is -2.34. The predicted molar refractivity (Wildman–Crippen MR) is 120 cm³/mol. The van der Waals surface area contributed by atoms with Crippen molar-refractivity contribution in [2.75, 3.05) is 39.5 Å². The molecule has 0 saturated carbocycles. The first-order chi connectivity index (χ1) is 15.5. The number of hydrogen-bond donors (Lipinski definition) is 4. The first-order valence-corrected chi connectivity index (χ1v) is 11.6. The van der Waals surface area contributed by atoms with Gasteiger partial charge in [-0.05, 0) is 19.8 Å². The van der Waals surface area contributed by atoms with Crippen molar-refractivity contribution in [3.63, 3.8) is 0 Å². The number of nitrogens with one attached hydrogen (secondary N) is 3. The third-order valence-electron chi connectivity index (χ3n) is 4.66. The molecule has 0 aliphatic heterocycles. The fourth-order valence-electron chi connectivity index (χ4n) is 2.91. The Hall–Kier alpha value is -2.20. The Morgan fingerprint density at radius 3 is 2.06 bits per heavy atom. The standard InChI is InChI=1S/C22H41N3O7/c1-19(25-18-26)16-20(27)24-12-13-31-14-15-32-17-21(28)23-11-9-7-5-3-2-4-6-8-10-22(29)30/h18-19H,2-17H2,1H3,(H,23,28)(H,24,27)(H,25,26)(H,29,30). The Labute approximate surface area is 191 Å². The van der Waals surface area contributed by atoms with Crippen molar-refractivity contribution in [2.24, 2.45) is 0 Å². The van der Waals surface area contributed by atoms with Gasteiger partial charge in [0.15, 0.2) is 0 Å². The third-order valence-corrected chi connectivity index (χ3v) is 4.66. The maximum absolute atomic E-state index is 11.7. The van der Waals surface area contributed by atoms with Crippen molar-refractivity contribution in [1.29, 1.82) is 0 Å². The van der Waals surface area contributed by atoms with Gasteiger partial charge in [0.05, 0.1) is 19.8 Å². The number of hydrogen-bond acceptors (Lipinski definition) is 6. The van der Waals surface area contributed by atoms with Gasteiger partial charge in [0, 0.05) is 32.0 Å². The van der Waals surface area contributed by atoms with Crippen LogP contribution in [-0.4, -0.2) is 74.9 Å². The second-order valence-corrected chi connectivity index (χ2v) is 7.73. The zero-order valence-corrected chi connectivity index (χ0v) is 19.4. The Morgan fingerprint density at radius 1 is 0.812 bits per heavy atom. The summed E-state index contributed by atoms with van der Waals surface area (Å²) in [7, 11) is 0. The fraction of sp³-hybridized carbons (Fsp3) is 0.818. The molecule has 32 heavy (non-hydrogen) atoms. The summed E-state index contributed by atoms with van der Waals surface area (Å²) >= 11 is 0. The number of carbonyl (C=O) groups excluding carboxylic acids is 3. The van der Waals surface area contributed by atoms with Gasteiger partial charge in [0.1, 0.15) is 6.61 Å². The second-order valence-electron chi connectivity index (χ2n) is 7.73. The van der Waals surface area contributed by atoms with Gasteiger partial charge >= 0.3 is 5.97 Å². The molecule has 0 spiro atoms. The minimum absolute atomic E-state index is 0.00193. The van der Waals surface area contributed by atoms with Crippen molar-refractivity contribution in [3.05, 3.63) is 0 Å². The van der Waals surface area contributed by atoms with Crippen molar-refractivity contribution in [3.8, 4) is 0 Å². The van der Waals surface area contributed by atoms with Crippen LogP contribution in [0, 0.1) is 0 Å². The van der Waals surface area contributed by atoms with E-state index in [1.54, 1.807) is 6.92 Å². The normalized spacial score (nSPS) is 11.5. The maximum Gasteiger partial charge on any atom is 0.303 e. The lowest BCUT2D eigenvalue weighted by molar-refractivity contribution is -0.137. The van der Waals surface area contributed by atoms with Gasteiger partial charge in [0.2, 0.25) is 18.2 Å².